The number of rotatable bonds is 5. The van der Waals surface area contributed by atoms with Crippen molar-refractivity contribution in [2.75, 3.05) is 32.7 Å². The first-order valence-electron chi connectivity index (χ1n) is 10.1. The second-order valence-corrected chi connectivity index (χ2v) is 7.69. The normalized spacial score (nSPS) is 19.9. The number of aromatic nitrogens is 2. The topological polar surface area (TPSA) is 64.3 Å². The maximum absolute atomic E-state index is 12.9. The van der Waals surface area contributed by atoms with Gasteiger partial charge in [-0.15, -0.1) is 0 Å². The zero-order valence-corrected chi connectivity index (χ0v) is 15.8. The van der Waals surface area contributed by atoms with E-state index in [-0.39, 0.29) is 12.1 Å². The van der Waals surface area contributed by atoms with Crippen molar-refractivity contribution in [3.8, 4) is 0 Å². The average Bonchev–Trinajstić information content (AvgIpc) is 3.42. The van der Waals surface area contributed by atoms with Gasteiger partial charge in [0.15, 0.2) is 0 Å². The Morgan fingerprint density at radius 2 is 1.85 bits per heavy atom. The van der Waals surface area contributed by atoms with Crippen LogP contribution in [-0.4, -0.2) is 58.8 Å². The quantitative estimate of drug-likeness (QED) is 0.853. The van der Waals surface area contributed by atoms with Gasteiger partial charge in [0.2, 0.25) is 0 Å². The molecule has 1 aromatic heterocycles. The fourth-order valence-electron chi connectivity index (χ4n) is 4.27. The number of nitrogens with one attached hydrogen (secondary N) is 2. The van der Waals surface area contributed by atoms with Gasteiger partial charge in [-0.2, -0.15) is 5.10 Å². The highest BCUT2D eigenvalue weighted by molar-refractivity contribution is 5.75. The third-order valence-electron chi connectivity index (χ3n) is 5.88. The van der Waals surface area contributed by atoms with Gasteiger partial charge >= 0.3 is 6.03 Å². The van der Waals surface area contributed by atoms with E-state index in [9.17, 15) is 4.79 Å². The van der Waals surface area contributed by atoms with Crippen LogP contribution in [0.15, 0.2) is 42.6 Å². The molecule has 144 valence electrons. The van der Waals surface area contributed by atoms with Crippen molar-refractivity contribution in [2.45, 2.75) is 37.6 Å². The Kier molecular flexibility index (Phi) is 5.72. The van der Waals surface area contributed by atoms with E-state index >= 15 is 0 Å². The molecule has 2 aromatic rings. The number of hydrogen-bond acceptors (Lipinski definition) is 3. The van der Waals surface area contributed by atoms with Crippen LogP contribution < -0.4 is 5.32 Å². The highest BCUT2D eigenvalue weighted by Crippen LogP contribution is 2.26. The number of amides is 2. The van der Waals surface area contributed by atoms with Gasteiger partial charge in [-0.05, 0) is 50.4 Å². The maximum atomic E-state index is 12.9. The first-order valence-corrected chi connectivity index (χ1v) is 10.1. The molecule has 1 unspecified atom stereocenters. The van der Waals surface area contributed by atoms with Crippen LogP contribution in [0.2, 0.25) is 0 Å². The second kappa shape index (κ2) is 8.57. The third kappa shape index (κ3) is 4.50. The molecule has 1 aromatic carbocycles. The number of likely N-dealkylation sites (tertiary alicyclic amines) is 2. The number of carbonyl (C=O) groups is 1. The minimum absolute atomic E-state index is 0.0436. The summed E-state index contributed by atoms with van der Waals surface area (Å²) in [5, 5.41) is 10.4. The largest absolute Gasteiger partial charge is 0.330 e. The van der Waals surface area contributed by atoms with Crippen molar-refractivity contribution < 1.29 is 4.79 Å². The van der Waals surface area contributed by atoms with E-state index in [1.807, 2.05) is 29.2 Å². The summed E-state index contributed by atoms with van der Waals surface area (Å²) in [7, 11) is 0. The smallest absolute Gasteiger partial charge is 0.317 e. The summed E-state index contributed by atoms with van der Waals surface area (Å²) in [6.07, 6.45) is 6.29. The molecule has 2 amide bonds. The molecule has 0 aliphatic carbocycles. The molecular formula is C21H29N5O. The van der Waals surface area contributed by atoms with Crippen LogP contribution in [0.5, 0.6) is 0 Å². The number of piperidine rings is 1. The van der Waals surface area contributed by atoms with Crippen LogP contribution >= 0.6 is 0 Å². The predicted octanol–water partition coefficient (Wildman–Crippen LogP) is 3.14. The van der Waals surface area contributed by atoms with Gasteiger partial charge in [0, 0.05) is 37.4 Å². The van der Waals surface area contributed by atoms with Gasteiger partial charge in [-0.1, -0.05) is 30.3 Å². The summed E-state index contributed by atoms with van der Waals surface area (Å²) in [5.74, 6) is 0.478. The van der Waals surface area contributed by atoms with Crippen LogP contribution in [0.3, 0.4) is 0 Å². The van der Waals surface area contributed by atoms with Gasteiger partial charge in [0.05, 0.1) is 6.04 Å². The number of carbonyl (C=O) groups excluding carboxylic acids is 1. The summed E-state index contributed by atoms with van der Waals surface area (Å²) in [5.41, 5.74) is 2.37. The molecule has 0 bridgehead atoms. The molecule has 27 heavy (non-hydrogen) atoms. The molecule has 2 aliphatic rings. The fraction of sp³-hybridized carbons (Fsp3) is 0.524. The Morgan fingerprint density at radius 3 is 2.52 bits per heavy atom. The summed E-state index contributed by atoms with van der Waals surface area (Å²) in [4.78, 5) is 17.4. The Labute approximate surface area is 160 Å². The van der Waals surface area contributed by atoms with Crippen molar-refractivity contribution in [1.29, 1.82) is 0 Å². The molecule has 4 rings (SSSR count). The Morgan fingerprint density at radius 1 is 1.11 bits per heavy atom. The van der Waals surface area contributed by atoms with Crippen LogP contribution in [0, 0.1) is 0 Å². The zero-order valence-electron chi connectivity index (χ0n) is 15.8. The molecule has 6 nitrogen and oxygen atoms in total. The van der Waals surface area contributed by atoms with E-state index in [1.54, 1.807) is 6.20 Å². The van der Waals surface area contributed by atoms with E-state index in [0.29, 0.717) is 5.92 Å². The SMILES string of the molecule is O=C(NC(CN1CCCC1)c1ccccc1)N1CCC(c2ccn[nH]2)CC1. The average molecular weight is 367 g/mol. The number of aromatic amines is 1. The fourth-order valence-corrected chi connectivity index (χ4v) is 4.27. The van der Waals surface area contributed by atoms with Crippen LogP contribution in [0.1, 0.15) is 48.9 Å². The molecular weight excluding hydrogens is 338 g/mol. The van der Waals surface area contributed by atoms with Crippen LogP contribution in [0.4, 0.5) is 4.79 Å². The molecule has 0 spiro atoms. The van der Waals surface area contributed by atoms with Crippen molar-refractivity contribution in [3.63, 3.8) is 0 Å². The monoisotopic (exact) mass is 367 g/mol. The third-order valence-corrected chi connectivity index (χ3v) is 5.88. The standard InChI is InChI=1S/C21H29N5O/c27-21(26-14-9-18(10-15-26)19-8-11-22-24-19)23-20(16-25-12-4-5-13-25)17-6-2-1-3-7-17/h1-3,6-8,11,18,20H,4-5,9-10,12-16H2,(H,22,24)(H,23,27). The molecule has 1 atom stereocenters. The predicted molar refractivity (Wildman–Crippen MR) is 106 cm³/mol. The van der Waals surface area contributed by atoms with Crippen molar-refractivity contribution in [1.82, 2.24) is 25.3 Å². The van der Waals surface area contributed by atoms with Gasteiger partial charge in [0.1, 0.15) is 0 Å². The molecule has 2 saturated heterocycles. The molecule has 3 heterocycles. The van der Waals surface area contributed by atoms with Gasteiger partial charge in [0.25, 0.3) is 0 Å². The minimum atomic E-state index is 0.0436. The van der Waals surface area contributed by atoms with Crippen molar-refractivity contribution in [3.05, 3.63) is 53.9 Å². The van der Waals surface area contributed by atoms with Gasteiger partial charge in [-0.25, -0.2) is 4.79 Å². The summed E-state index contributed by atoms with van der Waals surface area (Å²) < 4.78 is 0. The lowest BCUT2D eigenvalue weighted by Gasteiger charge is -2.33. The second-order valence-electron chi connectivity index (χ2n) is 7.69. The molecule has 2 aliphatic heterocycles. The zero-order chi connectivity index (χ0) is 18.5. The maximum Gasteiger partial charge on any atom is 0.317 e. The van der Waals surface area contributed by atoms with E-state index in [0.717, 1.165) is 45.6 Å². The van der Waals surface area contributed by atoms with Crippen LogP contribution in [0.25, 0.3) is 0 Å². The number of nitrogens with zero attached hydrogens (tertiary/aromatic N) is 3. The number of benzene rings is 1. The highest BCUT2D eigenvalue weighted by atomic mass is 16.2. The Balaban J connectivity index is 1.36. The lowest BCUT2D eigenvalue weighted by Crippen LogP contribution is -2.47. The first-order chi connectivity index (χ1) is 13.3. The van der Waals surface area contributed by atoms with E-state index < -0.39 is 0 Å². The van der Waals surface area contributed by atoms with Crippen molar-refractivity contribution in [2.24, 2.45) is 0 Å². The van der Waals surface area contributed by atoms with Gasteiger partial charge < -0.3 is 15.1 Å². The number of H-pyrrole nitrogens is 1. The van der Waals surface area contributed by atoms with Crippen molar-refractivity contribution >= 4 is 6.03 Å². The summed E-state index contributed by atoms with van der Waals surface area (Å²) in [6.45, 7) is 4.74. The Hall–Kier alpha value is -2.34. The van der Waals surface area contributed by atoms with Crippen LogP contribution in [-0.2, 0) is 0 Å². The highest BCUT2D eigenvalue weighted by Gasteiger charge is 2.27. The Bertz CT molecular complexity index is 703. The number of hydrogen-bond donors (Lipinski definition) is 2. The molecule has 2 N–H and O–H groups in total. The minimum Gasteiger partial charge on any atom is -0.330 e. The summed E-state index contributed by atoms with van der Waals surface area (Å²) in [6, 6.07) is 12.5. The molecule has 2 fully saturated rings. The van der Waals surface area contributed by atoms with E-state index in [1.165, 1.54) is 24.1 Å². The molecule has 0 saturated carbocycles. The lowest BCUT2D eigenvalue weighted by atomic mass is 9.94. The lowest BCUT2D eigenvalue weighted by molar-refractivity contribution is 0.173. The van der Waals surface area contributed by atoms with E-state index in [4.69, 9.17) is 0 Å². The number of urea groups is 1. The van der Waals surface area contributed by atoms with Gasteiger partial charge in [-0.3, -0.25) is 5.10 Å². The molecule has 0 radical (unpaired) electrons. The molecule has 6 heteroatoms. The summed E-state index contributed by atoms with van der Waals surface area (Å²) >= 11 is 0. The van der Waals surface area contributed by atoms with E-state index in [2.05, 4.69) is 32.5 Å². The first kappa shape index (κ1) is 18.0.